The maximum Gasteiger partial charge on any atom is 0.328 e. The molecule has 116 valence electrons. The summed E-state index contributed by atoms with van der Waals surface area (Å²) in [5.74, 6) is -1.60. The van der Waals surface area contributed by atoms with Crippen LogP contribution in [-0.2, 0) is 9.59 Å². The van der Waals surface area contributed by atoms with Gasteiger partial charge in [0.2, 0.25) is 5.91 Å². The molecule has 1 fully saturated rings. The molecular weight excluding hydrogens is 285 g/mol. The second-order valence-electron chi connectivity index (χ2n) is 5.17. The first-order chi connectivity index (χ1) is 10.5. The number of rotatable bonds is 5. The molecule has 5 heteroatoms. The van der Waals surface area contributed by atoms with E-state index in [2.05, 4.69) is 6.58 Å². The zero-order valence-corrected chi connectivity index (χ0v) is 12.1. The number of carboxylic acids is 1. The Labute approximate surface area is 128 Å². The van der Waals surface area contributed by atoms with Crippen molar-refractivity contribution in [3.63, 3.8) is 0 Å². The number of amides is 1. The first-order valence-corrected chi connectivity index (χ1v) is 7.12. The van der Waals surface area contributed by atoms with E-state index in [-0.39, 0.29) is 30.2 Å². The summed E-state index contributed by atoms with van der Waals surface area (Å²) in [7, 11) is 0. The van der Waals surface area contributed by atoms with Gasteiger partial charge in [-0.1, -0.05) is 30.4 Å². The van der Waals surface area contributed by atoms with Crippen LogP contribution in [0.15, 0.2) is 49.1 Å². The van der Waals surface area contributed by atoms with Crippen LogP contribution in [0, 0.1) is 5.82 Å². The molecule has 4 nitrogen and oxygen atoms in total. The Kier molecular flexibility index (Phi) is 5.09. The third kappa shape index (κ3) is 3.42. The first-order valence-electron chi connectivity index (χ1n) is 7.12. The molecule has 1 aliphatic heterocycles. The maximum atomic E-state index is 14.0. The number of carbonyl (C=O) groups excluding carboxylic acids is 1. The predicted octanol–water partition coefficient (Wildman–Crippen LogP) is 3.07. The lowest BCUT2D eigenvalue weighted by molar-refractivity contribution is -0.133. The smallest absolute Gasteiger partial charge is 0.328 e. The number of carbonyl (C=O) groups is 2. The first kappa shape index (κ1) is 15.9. The molecule has 0 unspecified atom stereocenters. The SMILES string of the molecule is C=CCC(=O)N1[C@@H](/C=C/C(=O)O)CC[C@H]1c1ccccc1F. The van der Waals surface area contributed by atoms with Crippen LogP contribution in [-0.4, -0.2) is 27.9 Å². The van der Waals surface area contributed by atoms with E-state index in [4.69, 9.17) is 5.11 Å². The molecule has 1 amide bonds. The van der Waals surface area contributed by atoms with Crippen LogP contribution in [0.4, 0.5) is 4.39 Å². The van der Waals surface area contributed by atoms with Crippen LogP contribution in [0.5, 0.6) is 0 Å². The zero-order chi connectivity index (χ0) is 16.1. The molecule has 1 aromatic rings. The number of benzene rings is 1. The van der Waals surface area contributed by atoms with Crippen molar-refractivity contribution in [2.24, 2.45) is 0 Å². The van der Waals surface area contributed by atoms with Gasteiger partial charge in [-0.15, -0.1) is 6.58 Å². The third-order valence-corrected chi connectivity index (χ3v) is 3.76. The van der Waals surface area contributed by atoms with E-state index in [0.717, 1.165) is 6.08 Å². The van der Waals surface area contributed by atoms with Gasteiger partial charge in [0.05, 0.1) is 12.1 Å². The predicted molar refractivity (Wildman–Crippen MR) is 80.6 cm³/mol. The van der Waals surface area contributed by atoms with Crippen molar-refractivity contribution in [3.8, 4) is 0 Å². The molecule has 2 rings (SSSR count). The third-order valence-electron chi connectivity index (χ3n) is 3.76. The average molecular weight is 303 g/mol. The zero-order valence-electron chi connectivity index (χ0n) is 12.1. The van der Waals surface area contributed by atoms with Crippen molar-refractivity contribution in [1.29, 1.82) is 0 Å². The highest BCUT2D eigenvalue weighted by molar-refractivity contribution is 5.81. The van der Waals surface area contributed by atoms with Gasteiger partial charge in [-0.2, -0.15) is 0 Å². The van der Waals surface area contributed by atoms with Crippen LogP contribution in [0.2, 0.25) is 0 Å². The molecule has 0 radical (unpaired) electrons. The summed E-state index contributed by atoms with van der Waals surface area (Å²) in [6.45, 7) is 3.55. The van der Waals surface area contributed by atoms with Crippen molar-refractivity contribution in [1.82, 2.24) is 4.90 Å². The lowest BCUT2D eigenvalue weighted by Crippen LogP contribution is -2.36. The Bertz CT molecular complexity index is 612. The van der Waals surface area contributed by atoms with Gasteiger partial charge in [0, 0.05) is 18.1 Å². The van der Waals surface area contributed by atoms with E-state index in [1.807, 2.05) is 0 Å². The Balaban J connectivity index is 2.33. The Morgan fingerprint density at radius 1 is 1.36 bits per heavy atom. The van der Waals surface area contributed by atoms with E-state index < -0.39 is 5.97 Å². The van der Waals surface area contributed by atoms with Gasteiger partial charge in [-0.3, -0.25) is 4.79 Å². The van der Waals surface area contributed by atoms with Gasteiger partial charge in [0.1, 0.15) is 5.82 Å². The number of carboxylic acid groups (broad SMARTS) is 1. The quantitative estimate of drug-likeness (QED) is 0.672. The van der Waals surface area contributed by atoms with Crippen molar-refractivity contribution < 1.29 is 19.1 Å². The molecule has 0 bridgehead atoms. The van der Waals surface area contributed by atoms with Gasteiger partial charge < -0.3 is 10.0 Å². The summed E-state index contributed by atoms with van der Waals surface area (Å²) in [6, 6.07) is 5.65. The average Bonchev–Trinajstić information content (AvgIpc) is 2.89. The number of nitrogens with zero attached hydrogens (tertiary/aromatic N) is 1. The van der Waals surface area contributed by atoms with Crippen LogP contribution < -0.4 is 0 Å². The van der Waals surface area contributed by atoms with Gasteiger partial charge in [-0.25, -0.2) is 9.18 Å². The summed E-state index contributed by atoms with van der Waals surface area (Å²) in [6.07, 6.45) is 5.36. The lowest BCUT2D eigenvalue weighted by Gasteiger charge is -2.29. The van der Waals surface area contributed by atoms with Crippen molar-refractivity contribution >= 4 is 11.9 Å². The van der Waals surface area contributed by atoms with E-state index in [1.165, 1.54) is 18.2 Å². The van der Waals surface area contributed by atoms with Gasteiger partial charge in [0.25, 0.3) is 0 Å². The Hall–Kier alpha value is -2.43. The molecule has 0 spiro atoms. The van der Waals surface area contributed by atoms with Crippen LogP contribution in [0.25, 0.3) is 0 Å². The summed E-state index contributed by atoms with van der Waals surface area (Å²) >= 11 is 0. The Morgan fingerprint density at radius 3 is 2.73 bits per heavy atom. The number of hydrogen-bond acceptors (Lipinski definition) is 2. The largest absolute Gasteiger partial charge is 0.478 e. The monoisotopic (exact) mass is 303 g/mol. The number of halogens is 1. The number of aliphatic carboxylic acids is 1. The topological polar surface area (TPSA) is 57.6 Å². The minimum absolute atomic E-state index is 0.141. The number of likely N-dealkylation sites (tertiary alicyclic amines) is 1. The summed E-state index contributed by atoms with van der Waals surface area (Å²) in [4.78, 5) is 24.6. The minimum Gasteiger partial charge on any atom is -0.478 e. The van der Waals surface area contributed by atoms with Gasteiger partial charge >= 0.3 is 5.97 Å². The standard InChI is InChI=1S/C17H18FNO3/c1-2-5-16(20)19-12(9-11-17(21)22)8-10-15(19)13-6-3-4-7-14(13)18/h2-4,6-7,9,11-12,15H,1,5,8,10H2,(H,21,22)/b11-9+/t12-,15+/m1/s1. The highest BCUT2D eigenvalue weighted by Crippen LogP contribution is 2.38. The van der Waals surface area contributed by atoms with Crippen molar-refractivity contribution in [2.75, 3.05) is 0 Å². The van der Waals surface area contributed by atoms with E-state index >= 15 is 0 Å². The molecular formula is C17H18FNO3. The van der Waals surface area contributed by atoms with Crippen molar-refractivity contribution in [2.45, 2.75) is 31.3 Å². The molecule has 0 saturated carbocycles. The summed E-state index contributed by atoms with van der Waals surface area (Å²) < 4.78 is 14.0. The van der Waals surface area contributed by atoms with Crippen LogP contribution >= 0.6 is 0 Å². The fourth-order valence-electron chi connectivity index (χ4n) is 2.86. The molecule has 0 aromatic heterocycles. The lowest BCUT2D eigenvalue weighted by atomic mass is 10.0. The molecule has 1 aromatic carbocycles. The fraction of sp³-hybridized carbons (Fsp3) is 0.294. The molecule has 0 aliphatic carbocycles. The molecule has 1 aliphatic rings. The highest BCUT2D eigenvalue weighted by atomic mass is 19.1. The second kappa shape index (κ2) is 7.02. The number of hydrogen-bond donors (Lipinski definition) is 1. The van der Waals surface area contributed by atoms with E-state index in [1.54, 1.807) is 23.1 Å². The van der Waals surface area contributed by atoms with Crippen LogP contribution in [0.1, 0.15) is 30.9 Å². The fourth-order valence-corrected chi connectivity index (χ4v) is 2.86. The molecule has 22 heavy (non-hydrogen) atoms. The molecule has 2 atom stereocenters. The minimum atomic E-state index is -1.06. The second-order valence-corrected chi connectivity index (χ2v) is 5.17. The van der Waals surface area contributed by atoms with Crippen LogP contribution in [0.3, 0.4) is 0 Å². The highest BCUT2D eigenvalue weighted by Gasteiger charge is 2.37. The summed E-state index contributed by atoms with van der Waals surface area (Å²) in [5.41, 5.74) is 0.464. The Morgan fingerprint density at radius 2 is 2.09 bits per heavy atom. The van der Waals surface area contributed by atoms with E-state index in [9.17, 15) is 14.0 Å². The van der Waals surface area contributed by atoms with Gasteiger partial charge in [0.15, 0.2) is 0 Å². The van der Waals surface area contributed by atoms with Gasteiger partial charge in [-0.05, 0) is 18.9 Å². The molecule has 1 N–H and O–H groups in total. The molecule has 1 heterocycles. The maximum absolute atomic E-state index is 14.0. The summed E-state index contributed by atoms with van der Waals surface area (Å²) in [5, 5.41) is 8.76. The molecule has 1 saturated heterocycles. The van der Waals surface area contributed by atoms with E-state index in [0.29, 0.717) is 18.4 Å². The normalized spacial score (nSPS) is 21.2. The van der Waals surface area contributed by atoms with Crippen molar-refractivity contribution in [3.05, 3.63) is 60.5 Å².